The van der Waals surface area contributed by atoms with Gasteiger partial charge in [0.1, 0.15) is 5.75 Å². The number of oxime groups is 1. The van der Waals surface area contributed by atoms with E-state index >= 15 is 0 Å². The van der Waals surface area contributed by atoms with Gasteiger partial charge in [-0.1, -0.05) is 6.92 Å². The highest BCUT2D eigenvalue weighted by Gasteiger charge is 2.38. The number of rotatable bonds is 8. The SMILES string of the molecule is CCCSOOO/N=C(/c1ccc(OC)cc1)C(F)(F)F. The molecule has 0 aliphatic rings. The topological polar surface area (TPSA) is 49.3 Å². The van der Waals surface area contributed by atoms with Crippen LogP contribution in [0.4, 0.5) is 13.2 Å². The number of halogens is 3. The van der Waals surface area contributed by atoms with Crippen LogP contribution in [0.15, 0.2) is 29.4 Å². The monoisotopic (exact) mass is 325 g/mol. The highest BCUT2D eigenvalue weighted by atomic mass is 32.2. The van der Waals surface area contributed by atoms with Gasteiger partial charge in [0.15, 0.2) is 5.71 Å². The number of hydrogen-bond acceptors (Lipinski definition) is 6. The van der Waals surface area contributed by atoms with Gasteiger partial charge < -0.3 is 4.74 Å². The molecule has 0 spiro atoms. The Kier molecular flexibility index (Phi) is 7.34. The lowest BCUT2D eigenvalue weighted by molar-refractivity contribution is -0.462. The maximum absolute atomic E-state index is 12.9. The summed E-state index contributed by atoms with van der Waals surface area (Å²) in [5.74, 6) is 1.04. The van der Waals surface area contributed by atoms with Crippen molar-refractivity contribution in [1.29, 1.82) is 0 Å². The first-order valence-electron chi connectivity index (χ1n) is 5.90. The lowest BCUT2D eigenvalue weighted by Crippen LogP contribution is -2.24. The van der Waals surface area contributed by atoms with Crippen molar-refractivity contribution in [2.45, 2.75) is 19.5 Å². The molecule has 0 unspecified atom stereocenters. The molecule has 21 heavy (non-hydrogen) atoms. The van der Waals surface area contributed by atoms with Gasteiger partial charge in [0.25, 0.3) is 0 Å². The first kappa shape index (κ1) is 17.6. The summed E-state index contributed by atoms with van der Waals surface area (Å²) in [4.78, 5) is 4.07. The van der Waals surface area contributed by atoms with Gasteiger partial charge in [-0.15, -0.1) is 4.33 Å². The van der Waals surface area contributed by atoms with Crippen molar-refractivity contribution < 1.29 is 32.3 Å². The van der Waals surface area contributed by atoms with Crippen LogP contribution in [-0.4, -0.2) is 24.8 Å². The second-order valence-electron chi connectivity index (χ2n) is 3.70. The van der Waals surface area contributed by atoms with Gasteiger partial charge in [-0.05, 0) is 35.8 Å². The summed E-state index contributed by atoms with van der Waals surface area (Å²) in [6, 6.07) is 5.18. The van der Waals surface area contributed by atoms with Crippen LogP contribution in [-0.2, 0) is 14.4 Å². The van der Waals surface area contributed by atoms with E-state index in [-0.39, 0.29) is 5.56 Å². The van der Waals surface area contributed by atoms with Gasteiger partial charge in [-0.2, -0.15) is 18.2 Å². The molecule has 0 N–H and O–H groups in total. The number of hydrogen-bond donors (Lipinski definition) is 0. The molecule has 1 aromatic carbocycles. The van der Waals surface area contributed by atoms with E-state index in [1.54, 1.807) is 0 Å². The van der Waals surface area contributed by atoms with Crippen LogP contribution in [0.25, 0.3) is 0 Å². The second-order valence-corrected chi connectivity index (χ2v) is 4.48. The Morgan fingerprint density at radius 3 is 2.43 bits per heavy atom. The summed E-state index contributed by atoms with van der Waals surface area (Å²) in [6.45, 7) is 1.90. The van der Waals surface area contributed by atoms with Crippen LogP contribution < -0.4 is 4.74 Å². The van der Waals surface area contributed by atoms with Crippen molar-refractivity contribution in [3.63, 3.8) is 0 Å². The largest absolute Gasteiger partial charge is 0.497 e. The van der Waals surface area contributed by atoms with Crippen LogP contribution in [0.3, 0.4) is 0 Å². The third-order valence-corrected chi connectivity index (χ3v) is 2.88. The first-order valence-corrected chi connectivity index (χ1v) is 6.81. The summed E-state index contributed by atoms with van der Waals surface area (Å²) in [5, 5.41) is 6.99. The Balaban J connectivity index is 2.71. The van der Waals surface area contributed by atoms with Crippen molar-refractivity contribution in [2.75, 3.05) is 12.9 Å². The van der Waals surface area contributed by atoms with E-state index in [2.05, 4.69) is 19.5 Å². The highest BCUT2D eigenvalue weighted by Crippen LogP contribution is 2.24. The molecule has 0 saturated carbocycles. The average Bonchev–Trinajstić information content (AvgIpc) is 2.45. The molecule has 118 valence electrons. The zero-order valence-corrected chi connectivity index (χ0v) is 12.2. The van der Waals surface area contributed by atoms with Gasteiger partial charge in [0.2, 0.25) is 0 Å². The molecule has 0 fully saturated rings. The Bertz CT molecular complexity index is 451. The molecule has 9 heteroatoms. The predicted molar refractivity (Wildman–Crippen MR) is 71.6 cm³/mol. The van der Waals surface area contributed by atoms with Crippen LogP contribution >= 0.6 is 12.0 Å². The third kappa shape index (κ3) is 6.23. The fourth-order valence-electron chi connectivity index (χ4n) is 1.22. The Labute approximate surface area is 124 Å². The van der Waals surface area contributed by atoms with Gasteiger partial charge >= 0.3 is 6.18 Å². The minimum atomic E-state index is -4.70. The van der Waals surface area contributed by atoms with Crippen molar-refractivity contribution in [2.24, 2.45) is 5.16 Å². The molecular formula is C12H14F3NO4S. The summed E-state index contributed by atoms with van der Waals surface area (Å²) in [6.07, 6.45) is -3.88. The van der Waals surface area contributed by atoms with Crippen molar-refractivity contribution in [3.05, 3.63) is 29.8 Å². The van der Waals surface area contributed by atoms with Gasteiger partial charge in [0, 0.05) is 28.4 Å². The second kappa shape index (κ2) is 8.75. The highest BCUT2D eigenvalue weighted by molar-refractivity contribution is 7.94. The molecule has 0 heterocycles. The molecule has 0 amide bonds. The van der Waals surface area contributed by atoms with Crippen molar-refractivity contribution in [3.8, 4) is 5.75 Å². The Morgan fingerprint density at radius 1 is 1.24 bits per heavy atom. The zero-order chi connectivity index (χ0) is 15.7. The van der Waals surface area contributed by atoms with Crippen LogP contribution in [0.1, 0.15) is 18.9 Å². The van der Waals surface area contributed by atoms with Crippen LogP contribution in [0, 0.1) is 0 Å². The fourth-order valence-corrected chi connectivity index (χ4v) is 1.52. The van der Waals surface area contributed by atoms with E-state index in [4.69, 9.17) is 4.74 Å². The summed E-state index contributed by atoms with van der Waals surface area (Å²) in [5.41, 5.74) is -1.43. The van der Waals surface area contributed by atoms with Gasteiger partial charge in [-0.25, -0.2) is 0 Å². The number of nitrogens with zero attached hydrogens (tertiary/aromatic N) is 1. The third-order valence-electron chi connectivity index (χ3n) is 2.15. The zero-order valence-electron chi connectivity index (χ0n) is 11.3. The molecule has 0 aliphatic carbocycles. The molecular weight excluding hydrogens is 311 g/mol. The van der Waals surface area contributed by atoms with E-state index in [1.165, 1.54) is 31.4 Å². The predicted octanol–water partition coefficient (Wildman–Crippen LogP) is 3.90. The molecule has 0 atom stereocenters. The minimum Gasteiger partial charge on any atom is -0.497 e. The van der Waals surface area contributed by atoms with E-state index in [1.807, 2.05) is 6.92 Å². The lowest BCUT2D eigenvalue weighted by Gasteiger charge is -2.09. The van der Waals surface area contributed by atoms with Crippen LogP contribution in [0.5, 0.6) is 5.75 Å². The smallest absolute Gasteiger partial charge is 0.437 e. The minimum absolute atomic E-state index is 0.187. The molecule has 0 radical (unpaired) electrons. The van der Waals surface area contributed by atoms with Crippen molar-refractivity contribution >= 4 is 17.8 Å². The lowest BCUT2D eigenvalue weighted by atomic mass is 10.1. The Hall–Kier alpha value is -1.45. The molecule has 1 aromatic rings. The van der Waals surface area contributed by atoms with Crippen LogP contribution in [0.2, 0.25) is 0 Å². The summed E-state index contributed by atoms with van der Waals surface area (Å²) < 4.78 is 47.9. The van der Waals surface area contributed by atoms with Crippen molar-refractivity contribution in [1.82, 2.24) is 0 Å². The Morgan fingerprint density at radius 2 is 1.90 bits per heavy atom. The van der Waals surface area contributed by atoms with Gasteiger partial charge in [-0.3, -0.25) is 0 Å². The number of benzene rings is 1. The molecule has 1 rings (SSSR count). The fraction of sp³-hybridized carbons (Fsp3) is 0.417. The summed E-state index contributed by atoms with van der Waals surface area (Å²) >= 11 is 0.899. The van der Waals surface area contributed by atoms with E-state index < -0.39 is 11.9 Å². The average molecular weight is 325 g/mol. The molecule has 0 aromatic heterocycles. The van der Waals surface area contributed by atoms with E-state index in [0.717, 1.165) is 18.5 Å². The number of ether oxygens (including phenoxy) is 1. The summed E-state index contributed by atoms with van der Waals surface area (Å²) in [7, 11) is 1.41. The molecule has 0 bridgehead atoms. The number of alkyl halides is 3. The first-order chi connectivity index (χ1) is 9.99. The quantitative estimate of drug-likeness (QED) is 0.238. The molecule has 5 nitrogen and oxygen atoms in total. The maximum atomic E-state index is 12.9. The molecule has 0 saturated heterocycles. The number of methoxy groups -OCH3 is 1. The molecule has 0 aliphatic heterocycles. The van der Waals surface area contributed by atoms with E-state index in [9.17, 15) is 13.2 Å². The standard InChI is InChI=1S/C12H14F3NO4S/c1-3-8-21-20-19-18-16-11(12(13,14)15)9-4-6-10(17-2)7-5-9/h4-7H,3,8H2,1-2H3/b16-11-. The van der Waals surface area contributed by atoms with Gasteiger partial charge in [0.05, 0.1) is 7.11 Å². The normalized spacial score (nSPS) is 12.3. The maximum Gasteiger partial charge on any atom is 0.437 e. The van der Waals surface area contributed by atoms with E-state index in [0.29, 0.717) is 11.5 Å².